The molecule has 6 bridgehead atoms. The van der Waals surface area contributed by atoms with Gasteiger partial charge in [0.1, 0.15) is 0 Å². The molecule has 6 fully saturated rings. The highest BCUT2D eigenvalue weighted by Crippen LogP contribution is 2.70. The molecule has 9 aromatic carbocycles. The average molecular weight is 1000 g/mol. The summed E-state index contributed by atoms with van der Waals surface area (Å²) in [5.41, 5.74) is 32.9. The Labute approximate surface area is 459 Å². The molecule has 21 rings (SSSR count). The van der Waals surface area contributed by atoms with Crippen LogP contribution in [0.2, 0.25) is 0 Å². The molecule has 12 aliphatic rings. The summed E-state index contributed by atoms with van der Waals surface area (Å²) in [6.07, 6.45) is 15.0. The molecule has 6 saturated carbocycles. The first-order chi connectivity index (χ1) is 38.7. The maximum absolute atomic E-state index is 2.87. The van der Waals surface area contributed by atoms with Crippen LogP contribution in [0.25, 0.3) is 22.3 Å². The third-order valence-electron chi connectivity index (χ3n) is 23.2. The molecule has 0 amide bonds. The van der Waals surface area contributed by atoms with Crippen molar-refractivity contribution in [2.75, 3.05) is 14.7 Å². The summed E-state index contributed by atoms with van der Waals surface area (Å²) in [7, 11) is 0. The Balaban J connectivity index is 0.932. The van der Waals surface area contributed by atoms with Crippen LogP contribution in [-0.4, -0.2) is 13.4 Å². The molecule has 0 N–H and O–H groups in total. The van der Waals surface area contributed by atoms with Crippen molar-refractivity contribution < 1.29 is 0 Å². The van der Waals surface area contributed by atoms with E-state index in [4.69, 9.17) is 0 Å². The summed E-state index contributed by atoms with van der Waals surface area (Å²) in [5.74, 6) is 4.45. The van der Waals surface area contributed by atoms with Crippen LogP contribution in [0.1, 0.15) is 92.9 Å². The van der Waals surface area contributed by atoms with Crippen molar-refractivity contribution in [3.05, 3.63) is 210 Å². The van der Waals surface area contributed by atoms with Crippen molar-refractivity contribution >= 4 is 97.4 Å². The SMILES string of the molecule is c1ccc(N2c3ccccc3B3c4ccccc4N4c5ccccc5B5c6cc7c(cc6N(c6ccc8c(c6)C6(c9ccccc9-8)C8CCCC6CCC8)c6cc2c3c4c65)C2(c3ccccc3-7)C3CC4CC(C3)CC2C4)cc1. The number of hydrogen-bond donors (Lipinski definition) is 0. The third-order valence-corrected chi connectivity index (χ3v) is 23.2. The fraction of sp³-hybridized carbons (Fsp3) is 0.260. The van der Waals surface area contributed by atoms with Gasteiger partial charge in [-0.15, -0.1) is 0 Å². The fourth-order valence-electron chi connectivity index (χ4n) is 21.1. The standard InChI is InChI=1S/C73H59B2N3/c1-2-20-49(21-3-1)76-63-29-11-8-26-59(63)74-60-27-9-12-30-64(60)78-65-31-13-10-28-61(65)75-62-40-54-52-23-5-7-25-56(52)73(47-35-43-34-44(37-47)38-48(73)36-43)58(54)41-66(62)77(68-42-67(76)69(74)71(78)70(68)75)50-32-33-53-51-22-4-6-24-55(51)72(57(53)39-50)45-16-14-17-46(72)19-15-18-45/h1-13,20-33,39-48H,14-19,34-38H2. The molecule has 5 heteroatoms. The number of anilines is 9. The topological polar surface area (TPSA) is 9.72 Å². The highest BCUT2D eigenvalue weighted by molar-refractivity contribution is 7.04. The Morgan fingerprint density at radius 2 is 0.795 bits per heavy atom. The van der Waals surface area contributed by atoms with E-state index in [1.807, 2.05) is 0 Å². The van der Waals surface area contributed by atoms with Crippen LogP contribution in [0.4, 0.5) is 51.2 Å². The highest BCUT2D eigenvalue weighted by atomic mass is 15.2. The molecule has 8 aliphatic carbocycles. The summed E-state index contributed by atoms with van der Waals surface area (Å²) in [6.45, 7) is 0.0971. The first-order valence-electron chi connectivity index (χ1n) is 30.1. The van der Waals surface area contributed by atoms with Crippen LogP contribution < -0.4 is 47.5 Å². The molecule has 0 aromatic heterocycles. The molecule has 3 nitrogen and oxygen atoms in total. The summed E-state index contributed by atoms with van der Waals surface area (Å²) in [5, 5.41) is 0. The van der Waals surface area contributed by atoms with Gasteiger partial charge >= 0.3 is 0 Å². The number of benzene rings is 9. The minimum absolute atomic E-state index is 0.0301. The van der Waals surface area contributed by atoms with Gasteiger partial charge in [0.05, 0.1) is 0 Å². The van der Waals surface area contributed by atoms with Crippen LogP contribution in [0.15, 0.2) is 188 Å². The lowest BCUT2D eigenvalue weighted by Gasteiger charge is -2.61. The van der Waals surface area contributed by atoms with Crippen molar-refractivity contribution in [2.45, 2.75) is 81.5 Å². The van der Waals surface area contributed by atoms with E-state index < -0.39 is 0 Å². The largest absolute Gasteiger partial charge is 0.312 e. The van der Waals surface area contributed by atoms with Gasteiger partial charge in [-0.2, -0.15) is 0 Å². The van der Waals surface area contributed by atoms with Crippen LogP contribution >= 0.6 is 0 Å². The highest BCUT2D eigenvalue weighted by Gasteiger charge is 2.63. The van der Waals surface area contributed by atoms with E-state index >= 15 is 0 Å². The lowest BCUT2D eigenvalue weighted by molar-refractivity contribution is -0.0399. The smallest absolute Gasteiger partial charge is 0.252 e. The summed E-state index contributed by atoms with van der Waals surface area (Å²) >= 11 is 0. The first-order valence-corrected chi connectivity index (χ1v) is 30.1. The Hall–Kier alpha value is -7.49. The maximum atomic E-state index is 2.87. The quantitative estimate of drug-likeness (QED) is 0.160. The molecular formula is C73H59B2N3. The first kappa shape index (κ1) is 42.5. The monoisotopic (exact) mass is 999 g/mol. The van der Waals surface area contributed by atoms with Gasteiger partial charge in [-0.05, 0) is 225 Å². The Bertz CT molecular complexity index is 4100. The van der Waals surface area contributed by atoms with Gasteiger partial charge in [-0.25, -0.2) is 0 Å². The van der Waals surface area contributed by atoms with Crippen LogP contribution in [-0.2, 0) is 10.8 Å². The van der Waals surface area contributed by atoms with Gasteiger partial charge < -0.3 is 14.7 Å². The normalized spacial score (nSPS) is 27.4. The van der Waals surface area contributed by atoms with Crippen LogP contribution in [0.5, 0.6) is 0 Å². The Morgan fingerprint density at radius 3 is 1.41 bits per heavy atom. The average Bonchev–Trinajstić information content (AvgIpc) is 3.74. The van der Waals surface area contributed by atoms with Gasteiger partial charge in [0, 0.05) is 62.0 Å². The molecule has 0 atom stereocenters. The summed E-state index contributed by atoms with van der Waals surface area (Å²) in [4.78, 5) is 8.22. The second-order valence-corrected chi connectivity index (χ2v) is 26.1. The van der Waals surface area contributed by atoms with E-state index in [1.54, 1.807) is 22.3 Å². The van der Waals surface area contributed by atoms with Crippen molar-refractivity contribution in [1.29, 1.82) is 0 Å². The zero-order chi connectivity index (χ0) is 50.3. The minimum atomic E-state index is 0.0301. The van der Waals surface area contributed by atoms with Crippen molar-refractivity contribution in [1.82, 2.24) is 0 Å². The van der Waals surface area contributed by atoms with Gasteiger partial charge in [-0.3, -0.25) is 0 Å². The predicted octanol–water partition coefficient (Wildman–Crippen LogP) is 14.0. The fourth-order valence-corrected chi connectivity index (χ4v) is 21.1. The lowest BCUT2D eigenvalue weighted by Crippen LogP contribution is -2.68. The second-order valence-electron chi connectivity index (χ2n) is 26.1. The molecule has 9 aromatic rings. The maximum Gasteiger partial charge on any atom is 0.252 e. The van der Waals surface area contributed by atoms with Crippen molar-refractivity contribution in [2.24, 2.45) is 35.5 Å². The molecule has 0 radical (unpaired) electrons. The molecular weight excluding hydrogens is 940 g/mol. The number of para-hydroxylation sites is 4. The summed E-state index contributed by atoms with van der Waals surface area (Å²) in [6, 6.07) is 75.4. The minimum Gasteiger partial charge on any atom is -0.312 e. The molecule has 78 heavy (non-hydrogen) atoms. The third kappa shape index (κ3) is 4.90. The van der Waals surface area contributed by atoms with Crippen molar-refractivity contribution in [3.8, 4) is 22.3 Å². The van der Waals surface area contributed by atoms with E-state index in [9.17, 15) is 0 Å². The molecule has 0 unspecified atom stereocenters. The van der Waals surface area contributed by atoms with Crippen LogP contribution in [0, 0.1) is 35.5 Å². The van der Waals surface area contributed by atoms with Gasteiger partial charge in [0.15, 0.2) is 0 Å². The molecule has 0 saturated heterocycles. The zero-order valence-corrected chi connectivity index (χ0v) is 44.1. The van der Waals surface area contributed by atoms with Crippen molar-refractivity contribution in [3.63, 3.8) is 0 Å². The van der Waals surface area contributed by atoms with E-state index in [1.165, 1.54) is 177 Å². The summed E-state index contributed by atoms with van der Waals surface area (Å²) < 4.78 is 0. The Kier molecular flexibility index (Phi) is 8.06. The number of fused-ring (bicyclic) bond motifs is 16. The van der Waals surface area contributed by atoms with Gasteiger partial charge in [0.2, 0.25) is 0 Å². The lowest BCUT2D eigenvalue weighted by atomic mass is 9.28. The predicted molar refractivity (Wildman–Crippen MR) is 324 cm³/mol. The van der Waals surface area contributed by atoms with Gasteiger partial charge in [-0.1, -0.05) is 146 Å². The molecule has 4 heterocycles. The van der Waals surface area contributed by atoms with Crippen LogP contribution in [0.3, 0.4) is 0 Å². The van der Waals surface area contributed by atoms with E-state index in [0.29, 0.717) is 23.7 Å². The Morgan fingerprint density at radius 1 is 0.321 bits per heavy atom. The number of rotatable bonds is 2. The number of nitrogens with zero attached hydrogens (tertiary/aromatic N) is 3. The van der Waals surface area contributed by atoms with E-state index in [2.05, 4.69) is 203 Å². The number of hydrogen-bond acceptors (Lipinski definition) is 3. The van der Waals surface area contributed by atoms with E-state index in [-0.39, 0.29) is 24.3 Å². The molecule has 372 valence electrons. The van der Waals surface area contributed by atoms with Gasteiger partial charge in [0.25, 0.3) is 13.4 Å². The van der Waals surface area contributed by atoms with E-state index in [0.717, 1.165) is 11.8 Å². The zero-order valence-electron chi connectivity index (χ0n) is 44.1. The second kappa shape index (κ2) is 14.8. The molecule has 4 aliphatic heterocycles. The molecule has 2 spiro atoms.